The molecule has 1 aromatic heterocycles. The minimum absolute atomic E-state index is 0.343. The number of carbonyl (C=O) groups excluding carboxylic acids is 2. The number of amides is 1. The lowest BCUT2D eigenvalue weighted by molar-refractivity contribution is -0.123. The van der Waals surface area contributed by atoms with Gasteiger partial charge >= 0.3 is 5.97 Å². The average molecular weight is 436 g/mol. The molecule has 160 valence electrons. The van der Waals surface area contributed by atoms with Crippen LogP contribution >= 0.6 is 11.3 Å². The van der Waals surface area contributed by atoms with Gasteiger partial charge in [0.2, 0.25) is 0 Å². The van der Waals surface area contributed by atoms with Crippen LogP contribution in [0.1, 0.15) is 38.8 Å². The standard InChI is InChI=1S/C25H25NO4S/c1-14-6-5-7-15(2)22(14)26-24(27)16(3)30-25(28)21-13-18-9-8-17-12-19(29-4)10-11-20(17)23(18)31-21/h5-7,10-13,16H,8-9H2,1-4H3,(H,26,27). The largest absolute Gasteiger partial charge is 0.497 e. The Bertz CT molecular complexity index is 1140. The van der Waals surface area contributed by atoms with E-state index in [9.17, 15) is 9.59 Å². The topological polar surface area (TPSA) is 64.6 Å². The first-order chi connectivity index (χ1) is 14.9. The van der Waals surface area contributed by atoms with Gasteiger partial charge in [-0.25, -0.2) is 4.79 Å². The van der Waals surface area contributed by atoms with Crippen molar-refractivity contribution in [2.24, 2.45) is 0 Å². The fourth-order valence-electron chi connectivity index (χ4n) is 3.85. The van der Waals surface area contributed by atoms with E-state index < -0.39 is 12.1 Å². The molecule has 1 heterocycles. The maximum atomic E-state index is 12.8. The molecule has 0 aliphatic heterocycles. The van der Waals surface area contributed by atoms with E-state index in [0.717, 1.165) is 51.4 Å². The number of rotatable bonds is 5. The molecular formula is C25H25NO4S. The molecule has 0 saturated heterocycles. The zero-order valence-corrected chi connectivity index (χ0v) is 18.9. The smallest absolute Gasteiger partial charge is 0.349 e. The first-order valence-corrected chi connectivity index (χ1v) is 11.1. The number of nitrogens with one attached hydrogen (secondary N) is 1. The molecule has 6 heteroatoms. The summed E-state index contributed by atoms with van der Waals surface area (Å²) in [7, 11) is 1.66. The van der Waals surface area contributed by atoms with E-state index >= 15 is 0 Å². The van der Waals surface area contributed by atoms with Crippen LogP contribution in [0.3, 0.4) is 0 Å². The average Bonchev–Trinajstić information content (AvgIpc) is 3.20. The molecule has 0 spiro atoms. The molecule has 0 fully saturated rings. The summed E-state index contributed by atoms with van der Waals surface area (Å²) in [6.07, 6.45) is 0.864. The van der Waals surface area contributed by atoms with E-state index in [1.54, 1.807) is 14.0 Å². The van der Waals surface area contributed by atoms with Crippen LogP contribution in [0, 0.1) is 13.8 Å². The number of anilines is 1. The zero-order chi connectivity index (χ0) is 22.1. The van der Waals surface area contributed by atoms with Crippen molar-refractivity contribution in [1.82, 2.24) is 0 Å². The highest BCUT2D eigenvalue weighted by Crippen LogP contribution is 2.41. The van der Waals surface area contributed by atoms with Crippen molar-refractivity contribution in [1.29, 1.82) is 0 Å². The number of fused-ring (bicyclic) bond motifs is 3. The van der Waals surface area contributed by atoms with Gasteiger partial charge < -0.3 is 14.8 Å². The predicted octanol–water partition coefficient (Wildman–Crippen LogP) is 5.32. The molecular weight excluding hydrogens is 410 g/mol. The molecule has 0 bridgehead atoms. The minimum atomic E-state index is -0.901. The van der Waals surface area contributed by atoms with Crippen LogP contribution in [0.2, 0.25) is 0 Å². The summed E-state index contributed by atoms with van der Waals surface area (Å²) in [4.78, 5) is 27.0. The van der Waals surface area contributed by atoms with Crippen molar-refractivity contribution in [3.63, 3.8) is 0 Å². The van der Waals surface area contributed by atoms with Crippen molar-refractivity contribution in [2.75, 3.05) is 12.4 Å². The Morgan fingerprint density at radius 3 is 2.45 bits per heavy atom. The monoisotopic (exact) mass is 435 g/mol. The summed E-state index contributed by atoms with van der Waals surface area (Å²) < 4.78 is 10.8. The van der Waals surface area contributed by atoms with E-state index in [4.69, 9.17) is 9.47 Å². The van der Waals surface area contributed by atoms with E-state index in [0.29, 0.717) is 4.88 Å². The van der Waals surface area contributed by atoms with Gasteiger partial charge in [-0.05, 0) is 85.7 Å². The minimum Gasteiger partial charge on any atom is -0.497 e. The van der Waals surface area contributed by atoms with Crippen molar-refractivity contribution < 1.29 is 19.1 Å². The Kier molecular flexibility index (Phi) is 5.83. The number of carbonyl (C=O) groups is 2. The second-order valence-electron chi connectivity index (χ2n) is 7.79. The van der Waals surface area contributed by atoms with Crippen molar-refractivity contribution in [3.8, 4) is 16.2 Å². The Labute approximate surface area is 186 Å². The van der Waals surface area contributed by atoms with Gasteiger partial charge in [-0.3, -0.25) is 4.79 Å². The predicted molar refractivity (Wildman–Crippen MR) is 123 cm³/mol. The summed E-state index contributed by atoms with van der Waals surface area (Å²) >= 11 is 1.42. The highest BCUT2D eigenvalue weighted by molar-refractivity contribution is 7.17. The molecule has 1 aliphatic carbocycles. The summed E-state index contributed by atoms with van der Waals surface area (Å²) in [5, 5.41) is 2.88. The lowest BCUT2D eigenvalue weighted by Crippen LogP contribution is -2.30. The molecule has 1 aliphatic rings. The van der Waals surface area contributed by atoms with E-state index in [2.05, 4.69) is 11.4 Å². The second kappa shape index (κ2) is 8.55. The van der Waals surface area contributed by atoms with Gasteiger partial charge in [0.05, 0.1) is 7.11 Å². The van der Waals surface area contributed by atoms with Gasteiger partial charge in [-0.2, -0.15) is 0 Å². The van der Waals surface area contributed by atoms with E-state index in [-0.39, 0.29) is 5.91 Å². The molecule has 1 N–H and O–H groups in total. The molecule has 1 atom stereocenters. The summed E-state index contributed by atoms with van der Waals surface area (Å²) in [6.45, 7) is 5.46. The lowest BCUT2D eigenvalue weighted by Gasteiger charge is -2.16. The number of aryl methyl sites for hydroxylation is 4. The SMILES string of the molecule is COc1ccc2c(c1)CCc1cc(C(=O)OC(C)C(=O)Nc3c(C)cccc3C)sc1-2. The molecule has 1 unspecified atom stereocenters. The molecule has 1 amide bonds. The maximum absolute atomic E-state index is 12.8. The summed E-state index contributed by atoms with van der Waals surface area (Å²) in [6, 6.07) is 13.7. The molecule has 0 radical (unpaired) electrons. The number of thiophene rings is 1. The first-order valence-electron chi connectivity index (χ1n) is 10.3. The Hall–Kier alpha value is -3.12. The fourth-order valence-corrected chi connectivity index (χ4v) is 5.00. The Morgan fingerprint density at radius 1 is 1.03 bits per heavy atom. The number of esters is 1. The van der Waals surface area contributed by atoms with Gasteiger partial charge in [0.25, 0.3) is 5.91 Å². The normalized spacial score (nSPS) is 13.0. The van der Waals surface area contributed by atoms with Crippen LogP contribution in [-0.2, 0) is 22.4 Å². The van der Waals surface area contributed by atoms with Crippen LogP contribution in [0.4, 0.5) is 5.69 Å². The third kappa shape index (κ3) is 4.21. The quantitative estimate of drug-likeness (QED) is 0.551. The number of ether oxygens (including phenoxy) is 2. The first kappa shape index (κ1) is 21.1. The maximum Gasteiger partial charge on any atom is 0.349 e. The summed E-state index contributed by atoms with van der Waals surface area (Å²) in [5.41, 5.74) is 6.18. The van der Waals surface area contributed by atoms with Crippen LogP contribution in [0.15, 0.2) is 42.5 Å². The molecule has 2 aromatic carbocycles. The third-order valence-corrected chi connectivity index (χ3v) is 6.80. The van der Waals surface area contributed by atoms with Gasteiger partial charge in [0.15, 0.2) is 6.10 Å². The molecule has 3 aromatic rings. The van der Waals surface area contributed by atoms with Crippen LogP contribution in [0.5, 0.6) is 5.75 Å². The number of hydrogen-bond donors (Lipinski definition) is 1. The third-order valence-electron chi connectivity index (χ3n) is 5.61. The highest BCUT2D eigenvalue weighted by Gasteiger charge is 2.25. The molecule has 5 nitrogen and oxygen atoms in total. The summed E-state index contributed by atoms with van der Waals surface area (Å²) in [5.74, 6) is 0.0187. The highest BCUT2D eigenvalue weighted by atomic mass is 32.1. The number of hydrogen-bond acceptors (Lipinski definition) is 5. The zero-order valence-electron chi connectivity index (χ0n) is 18.1. The van der Waals surface area contributed by atoms with E-state index in [1.807, 2.05) is 50.2 Å². The second-order valence-corrected chi connectivity index (χ2v) is 8.84. The van der Waals surface area contributed by atoms with E-state index in [1.165, 1.54) is 16.9 Å². The van der Waals surface area contributed by atoms with Gasteiger partial charge in [-0.15, -0.1) is 11.3 Å². The van der Waals surface area contributed by atoms with Crippen LogP contribution in [0.25, 0.3) is 10.4 Å². The fraction of sp³-hybridized carbons (Fsp3) is 0.280. The van der Waals surface area contributed by atoms with Crippen molar-refractivity contribution in [2.45, 2.75) is 39.7 Å². The molecule has 0 saturated carbocycles. The Morgan fingerprint density at radius 2 is 1.74 bits per heavy atom. The molecule has 4 rings (SSSR count). The van der Waals surface area contributed by atoms with Crippen LogP contribution < -0.4 is 10.1 Å². The van der Waals surface area contributed by atoms with Crippen molar-refractivity contribution in [3.05, 3.63) is 69.6 Å². The van der Waals surface area contributed by atoms with Gasteiger partial charge in [-0.1, -0.05) is 18.2 Å². The Balaban J connectivity index is 1.48. The van der Waals surface area contributed by atoms with Gasteiger partial charge in [0, 0.05) is 10.6 Å². The van der Waals surface area contributed by atoms with Crippen molar-refractivity contribution >= 4 is 28.9 Å². The van der Waals surface area contributed by atoms with Crippen LogP contribution in [-0.4, -0.2) is 25.1 Å². The number of methoxy groups -OCH3 is 1. The molecule has 31 heavy (non-hydrogen) atoms. The van der Waals surface area contributed by atoms with Gasteiger partial charge in [0.1, 0.15) is 10.6 Å². The number of benzene rings is 2. The number of para-hydroxylation sites is 1. The lowest BCUT2D eigenvalue weighted by atomic mass is 9.91.